The maximum absolute atomic E-state index is 11.0. The number of fused-ring (bicyclic) bond motifs is 1. The van der Waals surface area contributed by atoms with Gasteiger partial charge in [-0.3, -0.25) is 0 Å². The lowest BCUT2D eigenvalue weighted by atomic mass is 10.3. The molecule has 1 N–H and O–H groups in total. The first-order chi connectivity index (χ1) is 6.48. The van der Waals surface area contributed by atoms with Crippen LogP contribution in [-0.2, 0) is 14.0 Å². The van der Waals surface area contributed by atoms with E-state index in [1.54, 1.807) is 0 Å². The van der Waals surface area contributed by atoms with Gasteiger partial charge >= 0.3 is 0 Å². The Morgan fingerprint density at radius 3 is 2.79 bits per heavy atom. The molecule has 2 aliphatic heterocycles. The summed E-state index contributed by atoms with van der Waals surface area (Å²) < 4.78 is 22.0. The SMILES string of the molecule is O=S(=O)(Cl)C1=CC2=CNON2C(Cl)=C1. The van der Waals surface area contributed by atoms with E-state index in [4.69, 9.17) is 27.2 Å². The summed E-state index contributed by atoms with van der Waals surface area (Å²) in [6.07, 6.45) is 4.00. The summed E-state index contributed by atoms with van der Waals surface area (Å²) in [5.41, 5.74) is 2.89. The molecule has 8 heteroatoms. The molecule has 0 fully saturated rings. The molecule has 0 radical (unpaired) electrons. The Balaban J connectivity index is 2.49. The second kappa shape index (κ2) is 3.16. The Morgan fingerprint density at radius 1 is 1.43 bits per heavy atom. The molecule has 0 saturated heterocycles. The van der Waals surface area contributed by atoms with Crippen molar-refractivity contribution in [2.75, 3.05) is 0 Å². The van der Waals surface area contributed by atoms with E-state index in [0.717, 1.165) is 0 Å². The largest absolute Gasteiger partial charge is 0.261 e. The molecule has 0 amide bonds. The third-order valence-electron chi connectivity index (χ3n) is 1.61. The van der Waals surface area contributed by atoms with Crippen LogP contribution in [0.1, 0.15) is 0 Å². The van der Waals surface area contributed by atoms with Crippen LogP contribution in [0, 0.1) is 0 Å². The Hall–Kier alpha value is -0.690. The highest BCUT2D eigenvalue weighted by Crippen LogP contribution is 2.31. The molecule has 0 spiro atoms. The quantitative estimate of drug-likeness (QED) is 0.562. The van der Waals surface area contributed by atoms with Crippen LogP contribution in [0.5, 0.6) is 0 Å². The minimum atomic E-state index is -3.78. The van der Waals surface area contributed by atoms with E-state index in [0.29, 0.717) is 5.70 Å². The fraction of sp³-hybridized carbons (Fsp3) is 0. The van der Waals surface area contributed by atoms with E-state index in [1.807, 2.05) is 0 Å². The summed E-state index contributed by atoms with van der Waals surface area (Å²) in [6.45, 7) is 0. The van der Waals surface area contributed by atoms with Crippen LogP contribution < -0.4 is 5.48 Å². The highest BCUT2D eigenvalue weighted by molar-refractivity contribution is 8.17. The van der Waals surface area contributed by atoms with Crippen LogP contribution in [-0.4, -0.2) is 13.5 Å². The summed E-state index contributed by atoms with van der Waals surface area (Å²) in [5.74, 6) is 0. The zero-order valence-corrected chi connectivity index (χ0v) is 8.90. The van der Waals surface area contributed by atoms with Crippen LogP contribution in [0.25, 0.3) is 0 Å². The van der Waals surface area contributed by atoms with Crippen molar-refractivity contribution in [3.05, 3.63) is 34.1 Å². The number of hydrogen-bond donors (Lipinski definition) is 1. The van der Waals surface area contributed by atoms with Crippen molar-refractivity contribution in [1.82, 2.24) is 10.5 Å². The molecule has 76 valence electrons. The van der Waals surface area contributed by atoms with Gasteiger partial charge in [0.05, 0.1) is 16.8 Å². The van der Waals surface area contributed by atoms with Gasteiger partial charge in [0.25, 0.3) is 9.05 Å². The monoisotopic (exact) mass is 254 g/mol. The van der Waals surface area contributed by atoms with Crippen molar-refractivity contribution in [1.29, 1.82) is 0 Å². The van der Waals surface area contributed by atoms with Gasteiger partial charge in [0.2, 0.25) is 0 Å². The lowest BCUT2D eigenvalue weighted by Crippen LogP contribution is -2.20. The zero-order valence-electron chi connectivity index (χ0n) is 6.57. The maximum Gasteiger partial charge on any atom is 0.261 e. The standard InChI is InChI=1S/C6H4Cl2N2O3S/c7-6-2-5(14(8,11)12)1-4-3-9-13-10(4)6/h1-3,9H. The Morgan fingerprint density at radius 2 is 2.14 bits per heavy atom. The Kier molecular flexibility index (Phi) is 2.23. The second-order valence-corrected chi connectivity index (χ2v) is 5.48. The van der Waals surface area contributed by atoms with Gasteiger partial charge < -0.3 is 0 Å². The van der Waals surface area contributed by atoms with E-state index in [-0.39, 0.29) is 10.1 Å². The van der Waals surface area contributed by atoms with Gasteiger partial charge in [-0.2, -0.15) is 10.0 Å². The topological polar surface area (TPSA) is 58.6 Å². The van der Waals surface area contributed by atoms with Crippen LogP contribution in [0.2, 0.25) is 0 Å². The summed E-state index contributed by atoms with van der Waals surface area (Å²) in [4.78, 5) is 4.77. The first-order valence-corrected chi connectivity index (χ1v) is 6.13. The van der Waals surface area contributed by atoms with Gasteiger partial charge in [0.1, 0.15) is 5.16 Å². The van der Waals surface area contributed by atoms with Gasteiger partial charge in [-0.25, -0.2) is 13.9 Å². The smallest absolute Gasteiger partial charge is 0.247 e. The normalized spacial score (nSPS) is 20.7. The number of nitrogens with one attached hydrogen (secondary N) is 1. The Labute approximate surface area is 89.6 Å². The lowest BCUT2D eigenvalue weighted by molar-refractivity contribution is -0.116. The van der Waals surface area contributed by atoms with Crippen molar-refractivity contribution < 1.29 is 13.4 Å². The molecule has 0 atom stereocenters. The van der Waals surface area contributed by atoms with Crippen molar-refractivity contribution >= 4 is 31.3 Å². The molecule has 0 saturated carbocycles. The van der Waals surface area contributed by atoms with E-state index in [9.17, 15) is 8.42 Å². The van der Waals surface area contributed by atoms with Gasteiger partial charge in [-0.05, 0) is 12.2 Å². The summed E-state index contributed by atoms with van der Waals surface area (Å²) >= 11 is 5.74. The highest BCUT2D eigenvalue weighted by Gasteiger charge is 2.26. The molecule has 0 aromatic rings. The first kappa shape index (κ1) is 9.85. The number of allylic oxidation sites excluding steroid dienone is 2. The molecule has 5 nitrogen and oxygen atoms in total. The van der Waals surface area contributed by atoms with Crippen molar-refractivity contribution in [3.8, 4) is 0 Å². The third-order valence-corrected chi connectivity index (χ3v) is 3.21. The molecule has 0 aliphatic carbocycles. The Bertz CT molecular complexity index is 465. The molecule has 0 aromatic carbocycles. The molecule has 14 heavy (non-hydrogen) atoms. The first-order valence-electron chi connectivity index (χ1n) is 3.45. The zero-order chi connectivity index (χ0) is 10.3. The number of hydroxylamine groups is 3. The van der Waals surface area contributed by atoms with Crippen LogP contribution >= 0.6 is 22.3 Å². The van der Waals surface area contributed by atoms with Crippen LogP contribution in [0.4, 0.5) is 0 Å². The fourth-order valence-corrected chi connectivity index (χ4v) is 2.12. The van der Waals surface area contributed by atoms with Crippen molar-refractivity contribution in [2.45, 2.75) is 0 Å². The van der Waals surface area contributed by atoms with E-state index in [2.05, 4.69) is 5.48 Å². The minimum absolute atomic E-state index is 0.0704. The molecular formula is C6H4Cl2N2O3S. The summed E-state index contributed by atoms with van der Waals surface area (Å²) in [6, 6.07) is 0. The van der Waals surface area contributed by atoms with Crippen LogP contribution in [0.3, 0.4) is 0 Å². The molecule has 0 unspecified atom stereocenters. The van der Waals surface area contributed by atoms with E-state index in [1.165, 1.54) is 23.4 Å². The molecule has 2 heterocycles. The molecule has 0 bridgehead atoms. The van der Waals surface area contributed by atoms with Gasteiger partial charge in [-0.15, -0.1) is 0 Å². The van der Waals surface area contributed by atoms with Crippen molar-refractivity contribution in [2.24, 2.45) is 0 Å². The van der Waals surface area contributed by atoms with Gasteiger partial charge in [-0.1, -0.05) is 11.6 Å². The van der Waals surface area contributed by atoms with E-state index < -0.39 is 9.05 Å². The number of rotatable bonds is 1. The second-order valence-electron chi connectivity index (χ2n) is 2.52. The number of nitrogens with zero attached hydrogens (tertiary/aromatic N) is 1. The third kappa shape index (κ3) is 1.61. The lowest BCUT2D eigenvalue weighted by Gasteiger charge is -2.19. The molecule has 2 aliphatic rings. The predicted molar refractivity (Wildman–Crippen MR) is 50.9 cm³/mol. The van der Waals surface area contributed by atoms with Crippen molar-refractivity contribution in [3.63, 3.8) is 0 Å². The molecular weight excluding hydrogens is 251 g/mol. The van der Waals surface area contributed by atoms with E-state index >= 15 is 0 Å². The fourth-order valence-electron chi connectivity index (χ4n) is 1.02. The number of hydrogen-bond acceptors (Lipinski definition) is 5. The number of halogens is 2. The predicted octanol–water partition coefficient (Wildman–Crippen LogP) is 1.13. The van der Waals surface area contributed by atoms with Crippen LogP contribution in [0.15, 0.2) is 34.1 Å². The molecule has 0 aromatic heterocycles. The highest BCUT2D eigenvalue weighted by atomic mass is 35.7. The average Bonchev–Trinajstić information content (AvgIpc) is 2.50. The average molecular weight is 255 g/mol. The summed E-state index contributed by atoms with van der Waals surface area (Å²) in [5, 5.41) is 1.34. The van der Waals surface area contributed by atoms with Gasteiger partial charge in [0, 0.05) is 10.7 Å². The molecule has 2 rings (SSSR count). The minimum Gasteiger partial charge on any atom is -0.247 e. The van der Waals surface area contributed by atoms with Gasteiger partial charge in [0.15, 0.2) is 0 Å². The summed E-state index contributed by atoms with van der Waals surface area (Å²) in [7, 11) is 1.39. The maximum atomic E-state index is 11.0.